The van der Waals surface area contributed by atoms with Crippen molar-refractivity contribution in [3.63, 3.8) is 0 Å². The molecule has 1 heterocycles. The molecule has 0 aliphatic carbocycles. The maximum absolute atomic E-state index is 12.8. The van der Waals surface area contributed by atoms with Crippen molar-refractivity contribution < 1.29 is 37.6 Å². The van der Waals surface area contributed by atoms with Crippen LogP contribution in [0.5, 0.6) is 0 Å². The van der Waals surface area contributed by atoms with Crippen molar-refractivity contribution >= 4 is 13.7 Å². The molecule has 1 aliphatic rings. The molecule has 1 fully saturated rings. The Morgan fingerprint density at radius 1 is 0.765 bits per heavy atom. The summed E-state index contributed by atoms with van der Waals surface area (Å²) in [5.74, 6) is -0.200. The van der Waals surface area contributed by atoms with Crippen LogP contribution < -0.4 is 5.32 Å². The lowest BCUT2D eigenvalue weighted by Crippen LogP contribution is -2.45. The molecule has 0 aromatic carbocycles. The number of unbranched alkanes of at least 4 members (excludes halogenated alkanes) is 15. The molecule has 0 aromatic rings. The van der Waals surface area contributed by atoms with Crippen LogP contribution in [0, 0.1) is 0 Å². The first-order valence-electron chi connectivity index (χ1n) is 20.5. The number of ether oxygens (including phenoxy) is 1. The van der Waals surface area contributed by atoms with E-state index in [9.17, 15) is 19.4 Å². The van der Waals surface area contributed by atoms with E-state index in [-0.39, 0.29) is 19.1 Å². The number of aliphatic hydroxyl groups excluding tert-OH is 1. The van der Waals surface area contributed by atoms with Crippen LogP contribution in [-0.2, 0) is 23.1 Å². The van der Waals surface area contributed by atoms with Gasteiger partial charge in [-0.25, -0.2) is 4.57 Å². The molecule has 1 aliphatic heterocycles. The van der Waals surface area contributed by atoms with E-state index in [4.69, 9.17) is 13.8 Å². The third-order valence-corrected chi connectivity index (χ3v) is 10.2. The molecule has 10 heteroatoms. The number of rotatable bonds is 35. The van der Waals surface area contributed by atoms with E-state index in [0.717, 1.165) is 64.2 Å². The van der Waals surface area contributed by atoms with Gasteiger partial charge in [-0.05, 0) is 64.2 Å². The van der Waals surface area contributed by atoms with Crippen LogP contribution in [0.4, 0.5) is 0 Å². The molecule has 1 saturated heterocycles. The van der Waals surface area contributed by atoms with Crippen LogP contribution in [0.3, 0.4) is 0 Å². The number of hydrogen-bond acceptors (Lipinski definition) is 6. The molecule has 0 radical (unpaired) electrons. The van der Waals surface area contributed by atoms with Crippen molar-refractivity contribution in [2.24, 2.45) is 0 Å². The van der Waals surface area contributed by atoms with Gasteiger partial charge in [-0.3, -0.25) is 13.8 Å². The number of carbonyl (C=O) groups excluding carboxylic acids is 1. The molecule has 0 bridgehead atoms. The quantitative estimate of drug-likeness (QED) is 0.0195. The number of likely N-dealkylation sites (N-methyl/N-ethyl adjacent to an activating group) is 1. The minimum atomic E-state index is -4.34. The summed E-state index contributed by atoms with van der Waals surface area (Å²) in [6.45, 7) is 4.68. The van der Waals surface area contributed by atoms with Gasteiger partial charge in [0.25, 0.3) is 0 Å². The lowest BCUT2D eigenvalue weighted by molar-refractivity contribution is -0.870. The van der Waals surface area contributed by atoms with Gasteiger partial charge in [0.15, 0.2) is 0 Å². The highest BCUT2D eigenvalue weighted by atomic mass is 31.2. The number of phosphoric acid groups is 1. The summed E-state index contributed by atoms with van der Waals surface area (Å²) in [7, 11) is 1.54. The van der Waals surface area contributed by atoms with E-state index < -0.39 is 20.0 Å². The lowest BCUT2D eigenvalue weighted by atomic mass is 10.1. The number of allylic oxidation sites excluding steroid dienone is 4. The normalized spacial score (nSPS) is 18.9. The molecular weight excluding hydrogens is 663 g/mol. The number of phosphoric ester groups is 1. The number of amides is 1. The first-order valence-corrected chi connectivity index (χ1v) is 22.0. The highest BCUT2D eigenvalue weighted by molar-refractivity contribution is 7.47. The van der Waals surface area contributed by atoms with Crippen LogP contribution >= 0.6 is 7.82 Å². The molecule has 0 spiro atoms. The van der Waals surface area contributed by atoms with Gasteiger partial charge >= 0.3 is 7.82 Å². The molecule has 1 amide bonds. The summed E-state index contributed by atoms with van der Waals surface area (Å²) in [6, 6.07) is -0.859. The zero-order valence-electron chi connectivity index (χ0n) is 33.3. The zero-order chi connectivity index (χ0) is 37.6. The number of epoxide rings is 1. The van der Waals surface area contributed by atoms with Crippen LogP contribution in [0.2, 0.25) is 0 Å². The highest BCUT2D eigenvalue weighted by Gasteiger charge is 2.36. The van der Waals surface area contributed by atoms with Gasteiger partial charge in [-0.2, -0.15) is 0 Å². The molecule has 5 atom stereocenters. The molecule has 51 heavy (non-hydrogen) atoms. The first-order chi connectivity index (χ1) is 24.5. The summed E-state index contributed by atoms with van der Waals surface area (Å²) in [5.41, 5.74) is 0. The average molecular weight is 742 g/mol. The Kier molecular flexibility index (Phi) is 28.1. The molecule has 0 aromatic heterocycles. The number of aliphatic hydroxyl groups is 1. The van der Waals surface area contributed by atoms with Gasteiger partial charge in [0.1, 0.15) is 13.2 Å². The Morgan fingerprint density at radius 2 is 1.35 bits per heavy atom. The second kappa shape index (κ2) is 30.1. The Morgan fingerprint density at radius 3 is 1.98 bits per heavy atom. The standard InChI is InChI=1S/C41H77N2O7P/c1-6-8-10-11-12-13-14-15-16-17-20-23-27-30-38(44)37(36-49-51(46,47)48-35-34-43(3,4)5)42-41(45)33-29-25-22-19-18-21-24-28-32-40-39(50-40)31-26-9-7-2/h10-11,24,27-28,30,37-40,44H,6-9,12-23,25-26,29,31-36H2,1-5H3,(H-,42,45,46,47)/p+1/b11-10-,28-24-,30-27+/t37-,38+,39?,40?/m0/s1. The predicted octanol–water partition coefficient (Wildman–Crippen LogP) is 9.73. The fraction of sp³-hybridized carbons (Fsp3) is 0.829. The zero-order valence-corrected chi connectivity index (χ0v) is 34.2. The molecular formula is C41H78N2O7P+. The number of quaternary nitrogens is 1. The molecule has 298 valence electrons. The van der Waals surface area contributed by atoms with Crippen LogP contribution in [-0.4, -0.2) is 85.6 Å². The van der Waals surface area contributed by atoms with Crippen LogP contribution in [0.15, 0.2) is 36.5 Å². The van der Waals surface area contributed by atoms with Crippen LogP contribution in [0.25, 0.3) is 0 Å². The van der Waals surface area contributed by atoms with Gasteiger partial charge in [-0.1, -0.05) is 121 Å². The maximum Gasteiger partial charge on any atom is 0.472 e. The third-order valence-electron chi connectivity index (χ3n) is 9.23. The number of nitrogens with one attached hydrogen (secondary N) is 1. The van der Waals surface area contributed by atoms with Crippen molar-refractivity contribution in [1.82, 2.24) is 5.32 Å². The Labute approximate surface area is 312 Å². The number of nitrogens with zero attached hydrogens (tertiary/aromatic N) is 1. The maximum atomic E-state index is 12.8. The second-order valence-corrected chi connectivity index (χ2v) is 16.8. The van der Waals surface area contributed by atoms with Gasteiger partial charge < -0.3 is 24.5 Å². The van der Waals surface area contributed by atoms with Gasteiger partial charge in [0, 0.05) is 6.42 Å². The second-order valence-electron chi connectivity index (χ2n) is 15.4. The fourth-order valence-corrected chi connectivity index (χ4v) is 6.55. The summed E-state index contributed by atoms with van der Waals surface area (Å²) < 4.78 is 29.2. The monoisotopic (exact) mass is 742 g/mol. The van der Waals surface area contributed by atoms with Crippen molar-refractivity contribution in [1.29, 1.82) is 0 Å². The van der Waals surface area contributed by atoms with E-state index in [2.05, 4.69) is 43.5 Å². The van der Waals surface area contributed by atoms with E-state index in [1.807, 2.05) is 27.2 Å². The smallest absolute Gasteiger partial charge is 0.387 e. The third kappa shape index (κ3) is 29.8. The van der Waals surface area contributed by atoms with Crippen molar-refractivity contribution in [2.45, 2.75) is 179 Å². The average Bonchev–Trinajstić information content (AvgIpc) is 3.83. The van der Waals surface area contributed by atoms with E-state index in [1.165, 1.54) is 70.6 Å². The van der Waals surface area contributed by atoms with Gasteiger partial charge in [-0.15, -0.1) is 0 Å². The minimum Gasteiger partial charge on any atom is -0.387 e. The number of carbonyl (C=O) groups is 1. The fourth-order valence-electron chi connectivity index (χ4n) is 5.81. The highest BCUT2D eigenvalue weighted by Crippen LogP contribution is 2.43. The lowest BCUT2D eigenvalue weighted by Gasteiger charge is -2.25. The summed E-state index contributed by atoms with van der Waals surface area (Å²) in [5, 5.41) is 13.8. The van der Waals surface area contributed by atoms with E-state index in [0.29, 0.717) is 29.7 Å². The molecule has 0 saturated carbocycles. The first kappa shape index (κ1) is 47.7. The van der Waals surface area contributed by atoms with Crippen LogP contribution in [0.1, 0.15) is 155 Å². The van der Waals surface area contributed by atoms with Crippen molar-refractivity contribution in [2.75, 3.05) is 40.9 Å². The predicted molar refractivity (Wildman–Crippen MR) is 212 cm³/mol. The molecule has 1 rings (SSSR count). The largest absolute Gasteiger partial charge is 0.472 e. The SMILES string of the molecule is CCC/C=C\CCCCCCCC/C=C/[C@@H](O)[C@H](COP(=O)(O)OCC[N+](C)(C)C)NC(=O)CCCCCCC/C=C\CC1OC1CCCCC. The van der Waals surface area contributed by atoms with Gasteiger partial charge in [0.2, 0.25) is 5.91 Å². The Balaban J connectivity index is 2.36. The topological polar surface area (TPSA) is 118 Å². The van der Waals surface area contributed by atoms with E-state index in [1.54, 1.807) is 6.08 Å². The summed E-state index contributed by atoms with van der Waals surface area (Å²) in [6.07, 6.45) is 36.6. The Bertz CT molecular complexity index is 997. The summed E-state index contributed by atoms with van der Waals surface area (Å²) in [4.78, 5) is 23.0. The minimum absolute atomic E-state index is 0.0537. The molecule has 3 unspecified atom stereocenters. The number of hydrogen-bond donors (Lipinski definition) is 3. The molecule has 3 N–H and O–H groups in total. The van der Waals surface area contributed by atoms with E-state index >= 15 is 0 Å². The van der Waals surface area contributed by atoms with Gasteiger partial charge in [0.05, 0.1) is 52.1 Å². The summed E-state index contributed by atoms with van der Waals surface area (Å²) >= 11 is 0. The Hall–Kier alpha value is -1.32. The van der Waals surface area contributed by atoms with Crippen molar-refractivity contribution in [3.05, 3.63) is 36.5 Å². The molecule has 9 nitrogen and oxygen atoms in total. The van der Waals surface area contributed by atoms with Crippen molar-refractivity contribution in [3.8, 4) is 0 Å².